The van der Waals surface area contributed by atoms with Gasteiger partial charge in [0.25, 0.3) is 0 Å². The molecule has 0 heterocycles. The summed E-state index contributed by atoms with van der Waals surface area (Å²) >= 11 is 0. The molecule has 0 bridgehead atoms. The summed E-state index contributed by atoms with van der Waals surface area (Å²) in [6.07, 6.45) is 0. The molecule has 0 aliphatic heterocycles. The predicted octanol–water partition coefficient (Wildman–Crippen LogP) is -0.769. The molecule has 0 amide bonds. The standard InChI is InChI=1S/2As.3Co/q2*-3;3*+2. The van der Waals surface area contributed by atoms with Gasteiger partial charge in [-0.1, -0.05) is 0 Å². The Labute approximate surface area is 85.2 Å². The molecule has 3 radical (unpaired) electrons. The Bertz CT molecular complexity index is 4.85. The first-order valence-electron chi connectivity index (χ1n) is 0. The van der Waals surface area contributed by atoms with Crippen LogP contribution in [0.15, 0.2) is 0 Å². The van der Waals surface area contributed by atoms with Gasteiger partial charge in [-0.3, -0.25) is 0 Å². The average Bonchev–Trinajstić information content (AvgIpc) is 0. The first kappa shape index (κ1) is 48.4. The molecule has 0 atom stereocenters. The van der Waals surface area contributed by atoms with Crippen LogP contribution >= 0.6 is 0 Å². The summed E-state index contributed by atoms with van der Waals surface area (Å²) in [5, 5.41) is 0. The van der Waals surface area contributed by atoms with Gasteiger partial charge in [0.05, 0.1) is 0 Å². The van der Waals surface area contributed by atoms with E-state index in [4.69, 9.17) is 0 Å². The molecule has 0 aromatic heterocycles. The molecule has 5 heteroatoms. The van der Waals surface area contributed by atoms with Crippen LogP contribution in [0.1, 0.15) is 0 Å². The molecule has 0 unspecified atom stereocenters. The van der Waals surface area contributed by atoms with Crippen molar-refractivity contribution in [1.82, 2.24) is 0 Å². The Morgan fingerprint density at radius 2 is 0.400 bits per heavy atom. The normalized spacial score (nSPS) is 0. The van der Waals surface area contributed by atoms with E-state index in [0.29, 0.717) is 0 Å². The Balaban J connectivity index is 0. The summed E-state index contributed by atoms with van der Waals surface area (Å²) in [5.41, 5.74) is 0. The van der Waals surface area contributed by atoms with Crippen LogP contribution in [0.4, 0.5) is 0 Å². The molecular weight excluding hydrogens is 327 g/mol. The van der Waals surface area contributed by atoms with E-state index >= 15 is 0 Å². The van der Waals surface area contributed by atoms with Gasteiger partial charge in [-0.2, -0.15) is 0 Å². The van der Waals surface area contributed by atoms with Gasteiger partial charge in [0.2, 0.25) is 0 Å². The van der Waals surface area contributed by atoms with Crippen LogP contribution in [0.5, 0.6) is 0 Å². The van der Waals surface area contributed by atoms with Gasteiger partial charge < -0.3 is 35.9 Å². The third-order valence-corrected chi connectivity index (χ3v) is 0. The molecule has 0 aliphatic rings. The van der Waals surface area contributed by atoms with E-state index in [9.17, 15) is 0 Å². The molecule has 0 saturated carbocycles. The van der Waals surface area contributed by atoms with Crippen LogP contribution in [0, 0.1) is 0 Å². The molecule has 0 N–H and O–H groups in total. The molecular formula is As2Co3. The molecule has 0 nitrogen and oxygen atoms in total. The number of hydrogen-bond donors (Lipinski definition) is 0. The minimum Gasteiger partial charge on any atom is -3.00 e. The minimum absolute atomic E-state index is 0. The smallest absolute Gasteiger partial charge is 2.00 e. The second-order valence-electron chi connectivity index (χ2n) is 0. The van der Waals surface area contributed by atoms with Gasteiger partial charge in [0, 0.05) is 0 Å². The zero-order valence-electron chi connectivity index (χ0n) is 1.89. The van der Waals surface area contributed by atoms with Crippen LogP contribution in [0.25, 0.3) is 0 Å². The summed E-state index contributed by atoms with van der Waals surface area (Å²) in [7, 11) is 0. The van der Waals surface area contributed by atoms with E-state index in [1.807, 2.05) is 0 Å². The summed E-state index contributed by atoms with van der Waals surface area (Å²) < 4.78 is 0. The SMILES string of the molecule is [As-3].[As-3].[Co+2].[Co+2].[Co+2]. The van der Waals surface area contributed by atoms with Crippen LogP contribution in [-0.2, 0) is 50.3 Å². The third kappa shape index (κ3) is 20.5. The van der Waals surface area contributed by atoms with Gasteiger partial charge in [-0.15, -0.1) is 0 Å². The van der Waals surface area contributed by atoms with Crippen LogP contribution in [0.2, 0.25) is 0 Å². The number of rotatable bonds is 0. The fourth-order valence-electron chi connectivity index (χ4n) is 0. The van der Waals surface area contributed by atoms with Crippen LogP contribution in [-0.4, -0.2) is 35.9 Å². The maximum atomic E-state index is 0. The molecule has 0 saturated heterocycles. The van der Waals surface area contributed by atoms with Crippen molar-refractivity contribution in [2.75, 3.05) is 0 Å². The minimum atomic E-state index is 0. The van der Waals surface area contributed by atoms with Crippen molar-refractivity contribution in [1.29, 1.82) is 0 Å². The fourth-order valence-corrected chi connectivity index (χ4v) is 0. The Morgan fingerprint density at radius 1 is 0.400 bits per heavy atom. The van der Waals surface area contributed by atoms with Gasteiger partial charge in [0.15, 0.2) is 0 Å². The molecule has 0 aromatic rings. The summed E-state index contributed by atoms with van der Waals surface area (Å²) in [6, 6.07) is 0. The van der Waals surface area contributed by atoms with Gasteiger partial charge >= 0.3 is 50.3 Å². The Kier molecular flexibility index (Phi) is 294. The van der Waals surface area contributed by atoms with Crippen molar-refractivity contribution in [3.8, 4) is 0 Å². The fraction of sp³-hybridized carbons (Fsp3) is 0. The third-order valence-electron chi connectivity index (χ3n) is 0. The second kappa shape index (κ2) is 30.3. The Morgan fingerprint density at radius 3 is 0.400 bits per heavy atom. The summed E-state index contributed by atoms with van der Waals surface area (Å²) in [4.78, 5) is 0. The monoisotopic (exact) mass is 327 g/mol. The van der Waals surface area contributed by atoms with Crippen molar-refractivity contribution in [3.63, 3.8) is 0 Å². The second-order valence-corrected chi connectivity index (χ2v) is 0. The Hall–Kier alpha value is 2.64. The largest absolute Gasteiger partial charge is 3.00 e. The maximum absolute atomic E-state index is 0. The molecule has 0 aliphatic carbocycles. The molecule has 0 rings (SSSR count). The van der Waals surface area contributed by atoms with Crippen molar-refractivity contribution in [2.24, 2.45) is 0 Å². The average molecular weight is 327 g/mol. The first-order chi connectivity index (χ1) is 0. The van der Waals surface area contributed by atoms with E-state index in [2.05, 4.69) is 0 Å². The van der Waals surface area contributed by atoms with Crippen LogP contribution < -0.4 is 0 Å². The van der Waals surface area contributed by atoms with Crippen molar-refractivity contribution >= 4 is 35.9 Å². The molecule has 0 spiro atoms. The first-order valence-corrected chi connectivity index (χ1v) is 0. The predicted molar refractivity (Wildman–Crippen MR) is 11.5 cm³/mol. The quantitative estimate of drug-likeness (QED) is 0.513. The molecule has 37 valence electrons. The van der Waals surface area contributed by atoms with E-state index in [1.54, 1.807) is 0 Å². The van der Waals surface area contributed by atoms with E-state index in [-0.39, 0.29) is 86.2 Å². The van der Waals surface area contributed by atoms with Crippen molar-refractivity contribution in [3.05, 3.63) is 0 Å². The van der Waals surface area contributed by atoms with Gasteiger partial charge in [-0.25, -0.2) is 0 Å². The van der Waals surface area contributed by atoms with Gasteiger partial charge in [-0.05, 0) is 0 Å². The van der Waals surface area contributed by atoms with Crippen LogP contribution in [0.3, 0.4) is 0 Å². The van der Waals surface area contributed by atoms with Crippen molar-refractivity contribution in [2.45, 2.75) is 0 Å². The van der Waals surface area contributed by atoms with E-state index in [1.165, 1.54) is 0 Å². The van der Waals surface area contributed by atoms with Gasteiger partial charge in [0.1, 0.15) is 0 Å². The maximum Gasteiger partial charge on any atom is 2.00 e. The molecule has 5 heavy (non-hydrogen) atoms. The van der Waals surface area contributed by atoms with Crippen molar-refractivity contribution < 1.29 is 50.3 Å². The molecule has 0 fully saturated rings. The van der Waals surface area contributed by atoms with E-state index < -0.39 is 0 Å². The molecule has 0 aromatic carbocycles. The zero-order valence-corrected chi connectivity index (χ0v) is 8.77. The van der Waals surface area contributed by atoms with E-state index in [0.717, 1.165) is 0 Å². The number of hydrogen-bond acceptors (Lipinski definition) is 0. The summed E-state index contributed by atoms with van der Waals surface area (Å²) in [5.74, 6) is 0. The summed E-state index contributed by atoms with van der Waals surface area (Å²) in [6.45, 7) is 0. The zero-order chi connectivity index (χ0) is 0. The topological polar surface area (TPSA) is 0 Å².